The highest BCUT2D eigenvalue weighted by molar-refractivity contribution is 7.45. The van der Waals surface area contributed by atoms with Crippen LogP contribution in [0, 0.1) is 0 Å². The molecule has 0 aliphatic rings. The average Bonchev–Trinajstić information content (AvgIpc) is 3.42. The maximum atomic E-state index is 13.0. The average molecular weight is 1150 g/mol. The van der Waals surface area contributed by atoms with Crippen LogP contribution in [0.3, 0.4) is 0 Å². The minimum Gasteiger partial charge on any atom is -0.756 e. The van der Waals surface area contributed by atoms with Crippen LogP contribution in [0.4, 0.5) is 0 Å². The highest BCUT2D eigenvalue weighted by atomic mass is 31.2. The molecule has 0 heterocycles. The van der Waals surface area contributed by atoms with Crippen LogP contribution >= 0.6 is 7.82 Å². The van der Waals surface area contributed by atoms with E-state index in [1.165, 1.54) is 295 Å². The molecular formula is C71H139N2O6P. The van der Waals surface area contributed by atoms with Crippen LogP contribution in [-0.4, -0.2) is 68.5 Å². The molecule has 3 atom stereocenters. The largest absolute Gasteiger partial charge is 0.756 e. The molecule has 2 N–H and O–H groups in total. The number of amides is 1. The van der Waals surface area contributed by atoms with Crippen LogP contribution in [-0.2, 0) is 18.4 Å². The Kier molecular flexibility index (Phi) is 61.3. The van der Waals surface area contributed by atoms with Gasteiger partial charge >= 0.3 is 0 Å². The second kappa shape index (κ2) is 62.3. The molecule has 0 radical (unpaired) electrons. The van der Waals surface area contributed by atoms with Gasteiger partial charge in [0.1, 0.15) is 13.2 Å². The predicted octanol–water partition coefficient (Wildman–Crippen LogP) is 21.8. The highest BCUT2D eigenvalue weighted by Gasteiger charge is 2.23. The van der Waals surface area contributed by atoms with Crippen molar-refractivity contribution in [2.45, 2.75) is 373 Å². The van der Waals surface area contributed by atoms with Crippen LogP contribution in [0.1, 0.15) is 361 Å². The van der Waals surface area contributed by atoms with E-state index >= 15 is 0 Å². The summed E-state index contributed by atoms with van der Waals surface area (Å²) < 4.78 is 23.4. The maximum absolute atomic E-state index is 13.0. The Hall–Kier alpha value is -1.28. The molecular weight excluding hydrogens is 1010 g/mol. The number of aliphatic hydroxyl groups is 1. The molecule has 8 nitrogen and oxygen atoms in total. The molecule has 3 unspecified atom stereocenters. The zero-order valence-electron chi connectivity index (χ0n) is 54.3. The number of nitrogens with zero attached hydrogens (tertiary/aromatic N) is 1. The number of carbonyl (C=O) groups is 1. The van der Waals surface area contributed by atoms with Gasteiger partial charge in [-0.3, -0.25) is 9.36 Å². The number of likely N-dealkylation sites (N-methyl/N-ethyl adjacent to an activating group) is 1. The first kappa shape index (κ1) is 78.7. The SMILES string of the molecule is CCCCCCCCCCCCCCCCCCCCCCCC/C=C/CC/C=C/CC/C=C/C(O)C(COP(=O)([O-])OCC[N+](C)(C)C)NC(=O)CCCCCCCCCCCCCCCCCCCCCCCCCCCC. The summed E-state index contributed by atoms with van der Waals surface area (Å²) in [5.41, 5.74) is 0. The molecule has 9 heteroatoms. The maximum Gasteiger partial charge on any atom is 0.268 e. The molecule has 0 aromatic heterocycles. The number of unbranched alkanes of at least 4 members (excludes halogenated alkanes) is 49. The number of carbonyl (C=O) groups excluding carboxylic acids is 1. The molecule has 0 rings (SSSR count). The summed E-state index contributed by atoms with van der Waals surface area (Å²) in [6, 6.07) is -0.909. The summed E-state index contributed by atoms with van der Waals surface area (Å²) in [5, 5.41) is 13.9. The molecule has 0 aromatic rings. The lowest BCUT2D eigenvalue weighted by Gasteiger charge is -2.29. The molecule has 0 aliphatic carbocycles. The van der Waals surface area contributed by atoms with Crippen molar-refractivity contribution in [3.05, 3.63) is 36.5 Å². The third kappa shape index (κ3) is 64.3. The molecule has 0 saturated carbocycles. The van der Waals surface area contributed by atoms with E-state index in [2.05, 4.69) is 43.5 Å². The first-order chi connectivity index (χ1) is 39.0. The van der Waals surface area contributed by atoms with Crippen LogP contribution in [0.15, 0.2) is 36.5 Å². The lowest BCUT2D eigenvalue weighted by Crippen LogP contribution is -2.45. The van der Waals surface area contributed by atoms with Crippen LogP contribution < -0.4 is 10.2 Å². The third-order valence-electron chi connectivity index (χ3n) is 16.3. The smallest absolute Gasteiger partial charge is 0.268 e. The quantitative estimate of drug-likeness (QED) is 0.0272. The second-order valence-corrected chi connectivity index (χ2v) is 27.0. The lowest BCUT2D eigenvalue weighted by atomic mass is 10.0. The third-order valence-corrected chi connectivity index (χ3v) is 17.3. The summed E-state index contributed by atoms with van der Waals surface area (Å²) in [6.07, 6.45) is 82.8. The van der Waals surface area contributed by atoms with Gasteiger partial charge in [-0.05, 0) is 44.9 Å². The van der Waals surface area contributed by atoms with E-state index in [-0.39, 0.29) is 12.5 Å². The number of aliphatic hydroxyl groups excluding tert-OH is 1. The number of hydrogen-bond donors (Lipinski definition) is 2. The molecule has 0 fully saturated rings. The minimum atomic E-state index is -4.61. The number of phosphoric ester groups is 1. The van der Waals surface area contributed by atoms with Gasteiger partial charge in [-0.15, -0.1) is 0 Å². The highest BCUT2D eigenvalue weighted by Crippen LogP contribution is 2.38. The predicted molar refractivity (Wildman–Crippen MR) is 348 cm³/mol. The van der Waals surface area contributed by atoms with Gasteiger partial charge in [0, 0.05) is 6.42 Å². The Morgan fingerprint density at radius 1 is 0.425 bits per heavy atom. The molecule has 0 aromatic carbocycles. The first-order valence-corrected chi connectivity index (χ1v) is 36.8. The van der Waals surface area contributed by atoms with E-state index in [0.717, 1.165) is 44.9 Å². The van der Waals surface area contributed by atoms with Crippen molar-refractivity contribution >= 4 is 13.7 Å². The van der Waals surface area contributed by atoms with E-state index in [4.69, 9.17) is 9.05 Å². The van der Waals surface area contributed by atoms with Crippen molar-refractivity contribution in [2.24, 2.45) is 0 Å². The standard InChI is InChI=1S/C71H139N2O6P/c1-6-8-10-12-14-16-18-20-22-24-26-28-30-32-34-35-36-37-38-39-40-42-44-46-48-50-52-54-56-58-60-62-64-70(74)69(68-79-80(76,77)78-67-66-73(3,4)5)72-71(75)65-63-61-59-57-55-53-51-49-47-45-43-41-33-31-29-27-25-23-21-19-17-15-13-11-9-7-2/h46,48,54,56,62,64,69-70,74H,6-45,47,49-53,55,57-61,63,65-68H2,1-5H3,(H-,72,75,76,77)/b48-46+,56-54+,64-62+. The van der Waals surface area contributed by atoms with Gasteiger partial charge in [0.25, 0.3) is 7.82 Å². The van der Waals surface area contributed by atoms with Crippen molar-refractivity contribution in [3.63, 3.8) is 0 Å². The van der Waals surface area contributed by atoms with Crippen molar-refractivity contribution < 1.29 is 32.9 Å². The molecule has 80 heavy (non-hydrogen) atoms. The second-order valence-electron chi connectivity index (χ2n) is 25.6. The zero-order valence-corrected chi connectivity index (χ0v) is 55.2. The van der Waals surface area contributed by atoms with Gasteiger partial charge in [0.15, 0.2) is 0 Å². The zero-order chi connectivity index (χ0) is 58.4. The molecule has 1 amide bonds. The van der Waals surface area contributed by atoms with Gasteiger partial charge in [-0.1, -0.05) is 346 Å². The van der Waals surface area contributed by atoms with Gasteiger partial charge in [-0.25, -0.2) is 0 Å². The number of quaternary nitrogens is 1. The first-order valence-electron chi connectivity index (χ1n) is 35.4. The Bertz CT molecular complexity index is 1400. The van der Waals surface area contributed by atoms with Gasteiger partial charge in [0.05, 0.1) is 39.9 Å². The summed E-state index contributed by atoms with van der Waals surface area (Å²) >= 11 is 0. The molecule has 0 spiro atoms. The molecule has 474 valence electrons. The Morgan fingerprint density at radius 3 is 1.01 bits per heavy atom. The van der Waals surface area contributed by atoms with Crippen LogP contribution in [0.25, 0.3) is 0 Å². The fourth-order valence-electron chi connectivity index (χ4n) is 10.8. The minimum absolute atomic E-state index is 0.00707. The van der Waals surface area contributed by atoms with Gasteiger partial charge < -0.3 is 28.8 Å². The number of nitrogens with one attached hydrogen (secondary N) is 1. The number of hydrogen-bond acceptors (Lipinski definition) is 6. The normalized spacial score (nSPS) is 13.8. The summed E-state index contributed by atoms with van der Waals surface area (Å²) in [4.78, 5) is 25.6. The Balaban J connectivity index is 4.10. The van der Waals surface area contributed by atoms with E-state index in [0.29, 0.717) is 17.4 Å². The van der Waals surface area contributed by atoms with E-state index in [9.17, 15) is 19.4 Å². The van der Waals surface area contributed by atoms with Crippen LogP contribution in [0.5, 0.6) is 0 Å². The fraction of sp³-hybridized carbons (Fsp3) is 0.901. The van der Waals surface area contributed by atoms with Gasteiger partial charge in [-0.2, -0.15) is 0 Å². The number of phosphoric acid groups is 1. The fourth-order valence-corrected chi connectivity index (χ4v) is 11.6. The van der Waals surface area contributed by atoms with Crippen LogP contribution in [0.2, 0.25) is 0 Å². The topological polar surface area (TPSA) is 108 Å². The summed E-state index contributed by atoms with van der Waals surface area (Å²) in [7, 11) is 1.25. The van der Waals surface area contributed by atoms with Crippen molar-refractivity contribution in [1.29, 1.82) is 0 Å². The van der Waals surface area contributed by atoms with E-state index < -0.39 is 26.6 Å². The monoisotopic (exact) mass is 1150 g/mol. The van der Waals surface area contributed by atoms with Crippen molar-refractivity contribution in [2.75, 3.05) is 40.9 Å². The van der Waals surface area contributed by atoms with E-state index in [1.807, 2.05) is 27.2 Å². The van der Waals surface area contributed by atoms with Gasteiger partial charge in [0.2, 0.25) is 5.91 Å². The van der Waals surface area contributed by atoms with E-state index in [1.54, 1.807) is 6.08 Å². The molecule has 0 bridgehead atoms. The number of allylic oxidation sites excluding steroid dienone is 5. The summed E-state index contributed by atoms with van der Waals surface area (Å²) in [5.74, 6) is -0.204. The Labute approximate surface area is 499 Å². The number of rotatable bonds is 66. The summed E-state index contributed by atoms with van der Waals surface area (Å²) in [6.45, 7) is 4.68. The molecule has 0 saturated heterocycles. The lowest BCUT2D eigenvalue weighted by molar-refractivity contribution is -0.870. The van der Waals surface area contributed by atoms with Crippen molar-refractivity contribution in [3.8, 4) is 0 Å². The van der Waals surface area contributed by atoms with Crippen molar-refractivity contribution in [1.82, 2.24) is 5.32 Å². The molecule has 0 aliphatic heterocycles. The Morgan fingerprint density at radius 2 is 0.700 bits per heavy atom.